The van der Waals surface area contributed by atoms with Gasteiger partial charge in [0.1, 0.15) is 0 Å². The Kier molecular flexibility index (Phi) is 1.64. The number of allylic oxidation sites excluding steroid dienone is 2. The van der Waals surface area contributed by atoms with Crippen molar-refractivity contribution in [2.45, 2.75) is 12.8 Å². The van der Waals surface area contributed by atoms with Gasteiger partial charge >= 0.3 is 0 Å². The fourth-order valence-electron chi connectivity index (χ4n) is 1.43. The summed E-state index contributed by atoms with van der Waals surface area (Å²) in [4.78, 5) is 11.0. The van der Waals surface area contributed by atoms with Crippen LogP contribution in [0.4, 0.5) is 0 Å². The van der Waals surface area contributed by atoms with Gasteiger partial charge in [0, 0.05) is 11.6 Å². The lowest BCUT2D eigenvalue weighted by molar-refractivity contribution is -0.119. The molecule has 0 spiro atoms. The first-order valence-corrected chi connectivity index (χ1v) is 4.21. The van der Waals surface area contributed by atoms with Crippen LogP contribution in [0.1, 0.15) is 12.8 Å². The first-order valence-electron chi connectivity index (χ1n) is 4.21. The molecule has 0 bridgehead atoms. The number of hydrogen-bond acceptors (Lipinski definition) is 2. The van der Waals surface area contributed by atoms with Gasteiger partial charge in [0.15, 0.2) is 0 Å². The zero-order chi connectivity index (χ0) is 8.55. The second-order valence-electron chi connectivity index (χ2n) is 3.21. The quantitative estimate of drug-likeness (QED) is 0.624. The van der Waals surface area contributed by atoms with Crippen LogP contribution < -0.4 is 10.6 Å². The zero-order valence-corrected chi connectivity index (χ0v) is 6.89. The minimum Gasteiger partial charge on any atom is -0.378 e. The van der Waals surface area contributed by atoms with Crippen LogP contribution in [-0.2, 0) is 4.79 Å². The van der Waals surface area contributed by atoms with Crippen LogP contribution in [-0.4, -0.2) is 12.5 Å². The zero-order valence-electron chi connectivity index (χ0n) is 6.89. The molecule has 0 saturated heterocycles. The highest BCUT2D eigenvalue weighted by Crippen LogP contribution is 2.36. The highest BCUT2D eigenvalue weighted by Gasteiger charge is 2.30. The normalized spacial score (nSPS) is 23.2. The highest BCUT2D eigenvalue weighted by atomic mass is 16.2. The molecular formula is C9H12N2O. The third-order valence-electron chi connectivity index (χ3n) is 2.19. The van der Waals surface area contributed by atoms with Crippen molar-refractivity contribution < 1.29 is 4.79 Å². The third kappa shape index (κ3) is 1.22. The van der Waals surface area contributed by atoms with Crippen LogP contribution in [0.3, 0.4) is 0 Å². The van der Waals surface area contributed by atoms with Crippen LogP contribution in [0.15, 0.2) is 24.0 Å². The van der Waals surface area contributed by atoms with E-state index in [-0.39, 0.29) is 5.91 Å². The van der Waals surface area contributed by atoms with Crippen molar-refractivity contribution in [2.75, 3.05) is 6.54 Å². The first kappa shape index (κ1) is 7.40. The van der Waals surface area contributed by atoms with E-state index in [1.807, 2.05) is 0 Å². The Morgan fingerprint density at radius 2 is 2.25 bits per heavy atom. The molecule has 2 N–H and O–H groups in total. The molecule has 0 aromatic rings. The van der Waals surface area contributed by atoms with E-state index in [9.17, 15) is 4.79 Å². The minimum absolute atomic E-state index is 0.0225. The summed E-state index contributed by atoms with van der Waals surface area (Å²) >= 11 is 0. The highest BCUT2D eigenvalue weighted by molar-refractivity contribution is 5.82. The maximum absolute atomic E-state index is 11.0. The summed E-state index contributed by atoms with van der Waals surface area (Å²) in [6.07, 6.45) is 4.17. The van der Waals surface area contributed by atoms with Crippen molar-refractivity contribution in [1.82, 2.24) is 10.6 Å². The van der Waals surface area contributed by atoms with Crippen molar-refractivity contribution in [1.29, 1.82) is 0 Å². The monoisotopic (exact) mass is 164 g/mol. The molecule has 0 aromatic carbocycles. The molecule has 0 atom stereocenters. The molecule has 1 aliphatic heterocycles. The lowest BCUT2D eigenvalue weighted by Gasteiger charge is -2.20. The smallest absolute Gasteiger partial charge is 0.243 e. The standard InChI is InChI=1S/C9H12N2O/c1-2-7-9(6-3-4-6)10-5-8(12)11-7/h2,6,10H,1,3-5H2,(H,11,12). The summed E-state index contributed by atoms with van der Waals surface area (Å²) in [5, 5.41) is 5.93. The van der Waals surface area contributed by atoms with Crippen molar-refractivity contribution >= 4 is 5.91 Å². The molecule has 12 heavy (non-hydrogen) atoms. The van der Waals surface area contributed by atoms with E-state index in [0.29, 0.717) is 12.5 Å². The molecule has 3 heteroatoms. The maximum Gasteiger partial charge on any atom is 0.243 e. The van der Waals surface area contributed by atoms with Crippen LogP contribution in [0.25, 0.3) is 0 Å². The summed E-state index contributed by atoms with van der Waals surface area (Å²) in [6, 6.07) is 0. The topological polar surface area (TPSA) is 41.1 Å². The lowest BCUT2D eigenvalue weighted by Crippen LogP contribution is -2.40. The second kappa shape index (κ2) is 2.66. The summed E-state index contributed by atoms with van der Waals surface area (Å²) in [5.41, 5.74) is 2.04. The Bertz CT molecular complexity index is 264. The third-order valence-corrected chi connectivity index (χ3v) is 2.19. The van der Waals surface area contributed by atoms with Crippen LogP contribution in [0, 0.1) is 5.92 Å². The van der Waals surface area contributed by atoms with Gasteiger partial charge in [-0.05, 0) is 18.9 Å². The SMILES string of the molecule is C=CC1=C(C2CC2)NCC(=O)N1. The van der Waals surface area contributed by atoms with E-state index >= 15 is 0 Å². The van der Waals surface area contributed by atoms with Crippen molar-refractivity contribution in [3.63, 3.8) is 0 Å². The number of carbonyl (C=O) groups is 1. The largest absolute Gasteiger partial charge is 0.378 e. The van der Waals surface area contributed by atoms with Gasteiger partial charge in [0.2, 0.25) is 5.91 Å². The molecule has 2 aliphatic rings. The summed E-state index contributed by atoms with van der Waals surface area (Å²) in [6.45, 7) is 4.07. The summed E-state index contributed by atoms with van der Waals surface area (Å²) in [5.74, 6) is 0.660. The lowest BCUT2D eigenvalue weighted by atomic mass is 10.2. The number of amides is 1. The van der Waals surface area contributed by atoms with E-state index in [0.717, 1.165) is 5.70 Å². The van der Waals surface area contributed by atoms with E-state index in [4.69, 9.17) is 0 Å². The first-order chi connectivity index (χ1) is 5.81. The number of nitrogens with one attached hydrogen (secondary N) is 2. The predicted octanol–water partition coefficient (Wildman–Crippen LogP) is 0.513. The molecule has 1 saturated carbocycles. The average molecular weight is 164 g/mol. The Balaban J connectivity index is 2.23. The van der Waals surface area contributed by atoms with Gasteiger partial charge in [-0.2, -0.15) is 0 Å². The van der Waals surface area contributed by atoms with E-state index < -0.39 is 0 Å². The van der Waals surface area contributed by atoms with Gasteiger partial charge in [0.25, 0.3) is 0 Å². The number of rotatable bonds is 2. The van der Waals surface area contributed by atoms with E-state index in [2.05, 4.69) is 17.2 Å². The number of hydrogen-bond donors (Lipinski definition) is 2. The fraction of sp³-hybridized carbons (Fsp3) is 0.444. The molecule has 3 nitrogen and oxygen atoms in total. The Labute approximate surface area is 71.5 Å². The van der Waals surface area contributed by atoms with Gasteiger partial charge in [-0.3, -0.25) is 4.79 Å². The molecule has 0 radical (unpaired) electrons. The van der Waals surface area contributed by atoms with Gasteiger partial charge in [-0.1, -0.05) is 6.58 Å². The Morgan fingerprint density at radius 1 is 1.50 bits per heavy atom. The molecular weight excluding hydrogens is 152 g/mol. The van der Waals surface area contributed by atoms with Crippen molar-refractivity contribution in [3.8, 4) is 0 Å². The Hall–Kier alpha value is -1.25. The van der Waals surface area contributed by atoms with Gasteiger partial charge in [-0.25, -0.2) is 0 Å². The summed E-state index contributed by atoms with van der Waals surface area (Å²) in [7, 11) is 0. The number of carbonyl (C=O) groups excluding carboxylic acids is 1. The summed E-state index contributed by atoms with van der Waals surface area (Å²) < 4.78 is 0. The van der Waals surface area contributed by atoms with Crippen LogP contribution in [0.2, 0.25) is 0 Å². The minimum atomic E-state index is 0.0225. The predicted molar refractivity (Wildman–Crippen MR) is 46.1 cm³/mol. The molecule has 1 amide bonds. The Morgan fingerprint density at radius 3 is 2.83 bits per heavy atom. The molecule has 64 valence electrons. The van der Waals surface area contributed by atoms with E-state index in [1.165, 1.54) is 18.5 Å². The van der Waals surface area contributed by atoms with E-state index in [1.54, 1.807) is 6.08 Å². The van der Waals surface area contributed by atoms with Crippen molar-refractivity contribution in [3.05, 3.63) is 24.0 Å². The molecule has 2 rings (SSSR count). The maximum atomic E-state index is 11.0. The molecule has 0 unspecified atom stereocenters. The fourth-order valence-corrected chi connectivity index (χ4v) is 1.43. The molecule has 1 fully saturated rings. The second-order valence-corrected chi connectivity index (χ2v) is 3.21. The molecule has 1 aliphatic carbocycles. The van der Waals surface area contributed by atoms with Gasteiger partial charge < -0.3 is 10.6 Å². The van der Waals surface area contributed by atoms with Gasteiger partial charge in [-0.15, -0.1) is 0 Å². The van der Waals surface area contributed by atoms with Crippen molar-refractivity contribution in [2.24, 2.45) is 5.92 Å². The molecule has 1 heterocycles. The molecule has 0 aromatic heterocycles. The van der Waals surface area contributed by atoms with Gasteiger partial charge in [0.05, 0.1) is 12.2 Å². The van der Waals surface area contributed by atoms with Crippen LogP contribution >= 0.6 is 0 Å². The average Bonchev–Trinajstić information content (AvgIpc) is 2.87. The van der Waals surface area contributed by atoms with Crippen LogP contribution in [0.5, 0.6) is 0 Å².